The maximum absolute atomic E-state index is 5.51. The van der Waals surface area contributed by atoms with Gasteiger partial charge in [0, 0.05) is 12.6 Å². The summed E-state index contributed by atoms with van der Waals surface area (Å²) in [6, 6.07) is 0.793. The molecule has 2 heterocycles. The Balaban J connectivity index is 2.25. The fraction of sp³-hybridized carbons (Fsp3) is 0.769. The first-order chi connectivity index (χ1) is 9.65. The number of hydrogen-bond acceptors (Lipinski definition) is 7. The summed E-state index contributed by atoms with van der Waals surface area (Å²) in [5.41, 5.74) is 2.48. The Labute approximate surface area is 119 Å². The summed E-state index contributed by atoms with van der Waals surface area (Å²) in [6.07, 6.45) is 3.23. The lowest BCUT2D eigenvalue weighted by molar-refractivity contribution is 0.291. The van der Waals surface area contributed by atoms with E-state index in [1.165, 1.54) is 6.42 Å². The summed E-state index contributed by atoms with van der Waals surface area (Å²) in [5, 5.41) is 0. The van der Waals surface area contributed by atoms with Crippen LogP contribution in [0.5, 0.6) is 6.01 Å². The van der Waals surface area contributed by atoms with Crippen LogP contribution in [0.15, 0.2) is 0 Å². The highest BCUT2D eigenvalue weighted by molar-refractivity contribution is 5.40. The zero-order valence-corrected chi connectivity index (χ0v) is 12.5. The zero-order valence-electron chi connectivity index (χ0n) is 12.5. The molecular weight excluding hydrogens is 256 g/mol. The van der Waals surface area contributed by atoms with Crippen LogP contribution < -0.4 is 20.9 Å². The summed E-state index contributed by atoms with van der Waals surface area (Å²) in [7, 11) is 0. The van der Waals surface area contributed by atoms with Crippen LogP contribution in [0.4, 0.5) is 11.9 Å². The predicted molar refractivity (Wildman–Crippen MR) is 78.6 cm³/mol. The van der Waals surface area contributed by atoms with Gasteiger partial charge in [-0.15, -0.1) is 0 Å². The van der Waals surface area contributed by atoms with Crippen LogP contribution >= 0.6 is 0 Å². The normalized spacial score (nSPS) is 18.6. The second-order valence-corrected chi connectivity index (χ2v) is 5.38. The van der Waals surface area contributed by atoms with Crippen LogP contribution in [0.25, 0.3) is 0 Å². The van der Waals surface area contributed by atoms with Crippen LogP contribution in [-0.4, -0.2) is 34.1 Å². The number of hydrazine groups is 1. The molecule has 0 aromatic carbocycles. The third-order valence-corrected chi connectivity index (χ3v) is 3.49. The van der Waals surface area contributed by atoms with Gasteiger partial charge in [0.05, 0.1) is 6.61 Å². The van der Waals surface area contributed by atoms with E-state index < -0.39 is 0 Å². The van der Waals surface area contributed by atoms with Gasteiger partial charge in [0.2, 0.25) is 11.9 Å². The molecule has 0 amide bonds. The minimum atomic E-state index is 0.333. The molecule has 1 fully saturated rings. The van der Waals surface area contributed by atoms with Crippen molar-refractivity contribution in [3.63, 3.8) is 0 Å². The highest BCUT2D eigenvalue weighted by Crippen LogP contribution is 2.28. The van der Waals surface area contributed by atoms with Crippen LogP contribution in [-0.2, 0) is 0 Å². The van der Waals surface area contributed by atoms with Crippen molar-refractivity contribution in [3.05, 3.63) is 0 Å². The molecule has 1 aliphatic heterocycles. The van der Waals surface area contributed by atoms with Gasteiger partial charge >= 0.3 is 6.01 Å². The second-order valence-electron chi connectivity index (χ2n) is 5.38. The zero-order chi connectivity index (χ0) is 14.5. The van der Waals surface area contributed by atoms with Crippen molar-refractivity contribution >= 4 is 11.9 Å². The molecule has 0 saturated carbocycles. The first-order valence-corrected chi connectivity index (χ1v) is 7.27. The van der Waals surface area contributed by atoms with E-state index in [-0.39, 0.29) is 0 Å². The van der Waals surface area contributed by atoms with E-state index >= 15 is 0 Å². The van der Waals surface area contributed by atoms with E-state index in [1.54, 1.807) is 0 Å². The number of nitrogen functional groups attached to an aromatic ring is 1. The smallest absolute Gasteiger partial charge is 0.323 e. The number of nitrogens with one attached hydrogen (secondary N) is 1. The average molecular weight is 280 g/mol. The van der Waals surface area contributed by atoms with E-state index in [0.29, 0.717) is 36.5 Å². The number of hydrogen-bond donors (Lipinski definition) is 2. The van der Waals surface area contributed by atoms with Gasteiger partial charge in [0.25, 0.3) is 0 Å². The Morgan fingerprint density at radius 3 is 2.85 bits per heavy atom. The number of nitrogens with zero attached hydrogens (tertiary/aromatic N) is 4. The molecule has 1 aromatic rings. The Morgan fingerprint density at radius 2 is 2.20 bits per heavy atom. The van der Waals surface area contributed by atoms with E-state index in [9.17, 15) is 0 Å². The van der Waals surface area contributed by atoms with Crippen molar-refractivity contribution in [3.8, 4) is 6.01 Å². The fourth-order valence-electron chi connectivity index (χ4n) is 2.53. The highest BCUT2D eigenvalue weighted by Gasteiger charge is 2.29. The summed E-state index contributed by atoms with van der Waals surface area (Å²) in [4.78, 5) is 15.1. The van der Waals surface area contributed by atoms with Crippen molar-refractivity contribution in [2.24, 2.45) is 11.8 Å². The Morgan fingerprint density at radius 1 is 1.40 bits per heavy atom. The Kier molecular flexibility index (Phi) is 4.94. The van der Waals surface area contributed by atoms with Crippen LogP contribution in [0.3, 0.4) is 0 Å². The first kappa shape index (κ1) is 14.8. The van der Waals surface area contributed by atoms with Crippen molar-refractivity contribution in [1.29, 1.82) is 0 Å². The summed E-state index contributed by atoms with van der Waals surface area (Å²) in [5.74, 6) is 6.98. The molecule has 20 heavy (non-hydrogen) atoms. The second kappa shape index (κ2) is 6.69. The number of ether oxygens (including phenoxy) is 1. The van der Waals surface area contributed by atoms with Crippen molar-refractivity contribution in [2.75, 3.05) is 23.5 Å². The van der Waals surface area contributed by atoms with Gasteiger partial charge in [-0.1, -0.05) is 20.8 Å². The Bertz CT molecular complexity index is 439. The molecule has 1 atom stereocenters. The molecule has 7 heteroatoms. The molecule has 1 aliphatic rings. The highest BCUT2D eigenvalue weighted by atomic mass is 16.5. The van der Waals surface area contributed by atoms with Gasteiger partial charge < -0.3 is 9.64 Å². The molecule has 0 bridgehead atoms. The molecule has 3 N–H and O–H groups in total. The van der Waals surface area contributed by atoms with Crippen molar-refractivity contribution in [1.82, 2.24) is 15.0 Å². The third kappa shape index (κ3) is 3.27. The number of aromatic nitrogens is 3. The first-order valence-electron chi connectivity index (χ1n) is 7.27. The van der Waals surface area contributed by atoms with E-state index in [4.69, 9.17) is 10.6 Å². The SMILES string of the molecule is CCCOc1nc(NN)nc(N2CCCC2C(C)C)n1. The van der Waals surface area contributed by atoms with Gasteiger partial charge in [-0.05, 0) is 25.2 Å². The molecule has 7 nitrogen and oxygen atoms in total. The molecule has 0 radical (unpaired) electrons. The van der Waals surface area contributed by atoms with Crippen molar-refractivity contribution in [2.45, 2.75) is 46.1 Å². The van der Waals surface area contributed by atoms with Gasteiger partial charge in [0.15, 0.2) is 0 Å². The van der Waals surface area contributed by atoms with Gasteiger partial charge in [0.1, 0.15) is 0 Å². The van der Waals surface area contributed by atoms with E-state index in [0.717, 1.165) is 19.4 Å². The number of anilines is 2. The lowest BCUT2D eigenvalue weighted by Crippen LogP contribution is -2.35. The molecule has 1 aromatic heterocycles. The van der Waals surface area contributed by atoms with E-state index in [2.05, 4.69) is 39.1 Å². The van der Waals surface area contributed by atoms with E-state index in [1.807, 2.05) is 6.92 Å². The molecule has 1 unspecified atom stereocenters. The molecule has 112 valence electrons. The van der Waals surface area contributed by atoms with Crippen LogP contribution in [0, 0.1) is 5.92 Å². The predicted octanol–water partition coefficient (Wildman–Crippen LogP) is 1.57. The lowest BCUT2D eigenvalue weighted by atomic mass is 10.0. The topological polar surface area (TPSA) is 89.2 Å². The largest absolute Gasteiger partial charge is 0.463 e. The standard InChI is InChI=1S/C13H24N6O/c1-4-8-20-13-16-11(18-14)15-12(17-13)19-7-5-6-10(19)9(2)3/h9-10H,4-8,14H2,1-3H3,(H,15,16,17,18). The quantitative estimate of drug-likeness (QED) is 0.604. The fourth-order valence-corrected chi connectivity index (χ4v) is 2.53. The van der Waals surface area contributed by atoms with Crippen LogP contribution in [0.1, 0.15) is 40.0 Å². The molecule has 0 aliphatic carbocycles. The molecule has 2 rings (SSSR count). The minimum Gasteiger partial charge on any atom is -0.463 e. The summed E-state index contributed by atoms with van der Waals surface area (Å²) in [6.45, 7) is 8.03. The maximum atomic E-state index is 5.51. The third-order valence-electron chi connectivity index (χ3n) is 3.49. The molecule has 1 saturated heterocycles. The lowest BCUT2D eigenvalue weighted by Gasteiger charge is -2.27. The van der Waals surface area contributed by atoms with Crippen LogP contribution in [0.2, 0.25) is 0 Å². The summed E-state index contributed by atoms with van der Waals surface area (Å²) >= 11 is 0. The summed E-state index contributed by atoms with van der Waals surface area (Å²) < 4.78 is 5.51. The Hall–Kier alpha value is -1.63. The molecular formula is C13H24N6O. The number of nitrogens with two attached hydrogens (primary N) is 1. The van der Waals surface area contributed by atoms with Gasteiger partial charge in [-0.25, -0.2) is 5.84 Å². The minimum absolute atomic E-state index is 0.333. The number of rotatable bonds is 6. The average Bonchev–Trinajstić information content (AvgIpc) is 2.94. The maximum Gasteiger partial charge on any atom is 0.323 e. The molecule has 0 spiro atoms. The van der Waals surface area contributed by atoms with Gasteiger partial charge in [-0.2, -0.15) is 15.0 Å². The van der Waals surface area contributed by atoms with Crippen molar-refractivity contribution < 1.29 is 4.74 Å². The van der Waals surface area contributed by atoms with Gasteiger partial charge in [-0.3, -0.25) is 5.43 Å². The monoisotopic (exact) mass is 280 g/mol.